The normalized spacial score (nSPS) is 10.4. The van der Waals surface area contributed by atoms with Crippen LogP contribution < -0.4 is 0 Å². The Bertz CT molecular complexity index is 369. The van der Waals surface area contributed by atoms with Crippen LogP contribution in [0, 0.1) is 11.3 Å². The molecule has 0 fully saturated rings. The maximum absolute atomic E-state index is 8.43. The molecule has 0 spiro atoms. The summed E-state index contributed by atoms with van der Waals surface area (Å²) in [5.41, 5.74) is 1.26. The Morgan fingerprint density at radius 2 is 1.33 bits per heavy atom. The minimum atomic E-state index is 0.725. The van der Waals surface area contributed by atoms with Crippen molar-refractivity contribution >= 4 is 0 Å². The first-order valence-corrected chi connectivity index (χ1v) is 8.42. The van der Waals surface area contributed by atoms with E-state index in [2.05, 4.69) is 30.3 Å². The van der Waals surface area contributed by atoms with Gasteiger partial charge in [0.1, 0.15) is 0 Å². The number of hydrogen-bond acceptors (Lipinski definition) is 2. The van der Waals surface area contributed by atoms with Crippen LogP contribution in [0.2, 0.25) is 0 Å². The van der Waals surface area contributed by atoms with E-state index in [1.165, 1.54) is 56.9 Å². The lowest BCUT2D eigenvalue weighted by molar-refractivity contribution is 0.116. The van der Waals surface area contributed by atoms with Crippen LogP contribution in [-0.4, -0.2) is 6.61 Å². The van der Waals surface area contributed by atoms with Gasteiger partial charge in [-0.3, -0.25) is 0 Å². The molecular weight excluding hydrogens is 258 g/mol. The Morgan fingerprint density at radius 1 is 0.762 bits per heavy atom. The molecule has 0 heterocycles. The van der Waals surface area contributed by atoms with Crippen LogP contribution in [0.4, 0.5) is 0 Å². The van der Waals surface area contributed by atoms with Gasteiger partial charge >= 0.3 is 0 Å². The lowest BCUT2D eigenvalue weighted by atomic mass is 10.1. The van der Waals surface area contributed by atoms with Crippen LogP contribution in [0.3, 0.4) is 0 Å². The molecule has 1 aromatic rings. The van der Waals surface area contributed by atoms with Crippen LogP contribution in [0.25, 0.3) is 0 Å². The highest BCUT2D eigenvalue weighted by Crippen LogP contribution is 2.10. The molecule has 0 aliphatic rings. The summed E-state index contributed by atoms with van der Waals surface area (Å²) in [6.07, 6.45) is 12.1. The zero-order valence-electron chi connectivity index (χ0n) is 13.2. The minimum absolute atomic E-state index is 0.725. The first-order valence-electron chi connectivity index (χ1n) is 8.42. The van der Waals surface area contributed by atoms with Crippen molar-refractivity contribution in [3.8, 4) is 6.07 Å². The van der Waals surface area contributed by atoms with E-state index in [9.17, 15) is 0 Å². The molecule has 1 aromatic carbocycles. The van der Waals surface area contributed by atoms with Gasteiger partial charge in [0.05, 0.1) is 12.7 Å². The predicted molar refractivity (Wildman–Crippen MR) is 87.9 cm³/mol. The summed E-state index contributed by atoms with van der Waals surface area (Å²) in [4.78, 5) is 0. The summed E-state index contributed by atoms with van der Waals surface area (Å²) in [6.45, 7) is 1.62. The zero-order valence-corrected chi connectivity index (χ0v) is 13.2. The molecule has 0 unspecified atom stereocenters. The van der Waals surface area contributed by atoms with Gasteiger partial charge in [0.15, 0.2) is 0 Å². The molecule has 0 aliphatic heterocycles. The third kappa shape index (κ3) is 11.0. The second-order valence-corrected chi connectivity index (χ2v) is 5.63. The van der Waals surface area contributed by atoms with E-state index in [4.69, 9.17) is 10.00 Å². The summed E-state index contributed by atoms with van der Waals surface area (Å²) in [7, 11) is 0. The fourth-order valence-electron chi connectivity index (χ4n) is 2.41. The Kier molecular flexibility index (Phi) is 11.5. The van der Waals surface area contributed by atoms with Gasteiger partial charge in [0, 0.05) is 13.0 Å². The van der Waals surface area contributed by atoms with E-state index in [1.54, 1.807) is 0 Å². The maximum atomic E-state index is 8.43. The molecule has 1 rings (SSSR count). The highest BCUT2D eigenvalue weighted by atomic mass is 16.5. The average molecular weight is 287 g/mol. The molecule has 21 heavy (non-hydrogen) atoms. The van der Waals surface area contributed by atoms with Gasteiger partial charge in [-0.15, -0.1) is 0 Å². The molecule has 0 aliphatic carbocycles. The average Bonchev–Trinajstić information content (AvgIpc) is 2.53. The molecule has 0 atom stereocenters. The van der Waals surface area contributed by atoms with Crippen LogP contribution in [0.15, 0.2) is 30.3 Å². The Morgan fingerprint density at radius 3 is 1.95 bits per heavy atom. The Balaban J connectivity index is 1.76. The molecule has 0 aromatic heterocycles. The van der Waals surface area contributed by atoms with Crippen LogP contribution in [0.1, 0.15) is 69.8 Å². The van der Waals surface area contributed by atoms with E-state index < -0.39 is 0 Å². The molecule has 116 valence electrons. The van der Waals surface area contributed by atoms with Gasteiger partial charge < -0.3 is 4.74 Å². The largest absolute Gasteiger partial charge is 0.377 e. The van der Waals surface area contributed by atoms with Crippen LogP contribution >= 0.6 is 0 Å². The maximum Gasteiger partial charge on any atom is 0.0716 e. The minimum Gasteiger partial charge on any atom is -0.377 e. The second kappa shape index (κ2) is 13.6. The summed E-state index contributed by atoms with van der Waals surface area (Å²) in [6, 6.07) is 12.6. The molecule has 0 saturated carbocycles. The van der Waals surface area contributed by atoms with Gasteiger partial charge in [0.25, 0.3) is 0 Å². The van der Waals surface area contributed by atoms with Crippen LogP contribution in [0.5, 0.6) is 0 Å². The Labute approximate surface area is 130 Å². The smallest absolute Gasteiger partial charge is 0.0716 e. The summed E-state index contributed by atoms with van der Waals surface area (Å²) in [5, 5.41) is 8.43. The number of benzene rings is 1. The number of unbranched alkanes of at least 4 members (excludes halogenated alkanes) is 9. The van der Waals surface area contributed by atoms with Crippen molar-refractivity contribution in [2.24, 2.45) is 0 Å². The standard InChI is InChI=1S/C19H29NO/c20-16-12-7-5-3-1-2-4-6-8-13-17-21-18-19-14-10-9-11-15-19/h9-11,14-15H,1-8,12-13,17-18H2. The van der Waals surface area contributed by atoms with Crippen LogP contribution in [-0.2, 0) is 11.3 Å². The third-order valence-electron chi connectivity index (χ3n) is 3.69. The van der Waals surface area contributed by atoms with Crippen molar-refractivity contribution in [2.45, 2.75) is 70.8 Å². The highest BCUT2D eigenvalue weighted by molar-refractivity contribution is 5.13. The molecule has 0 bridgehead atoms. The molecule has 0 radical (unpaired) electrons. The van der Waals surface area contributed by atoms with Gasteiger partial charge in [-0.25, -0.2) is 0 Å². The van der Waals surface area contributed by atoms with Crippen molar-refractivity contribution < 1.29 is 4.74 Å². The van der Waals surface area contributed by atoms with Crippen molar-refractivity contribution in [3.05, 3.63) is 35.9 Å². The number of nitriles is 1. The van der Waals surface area contributed by atoms with E-state index in [-0.39, 0.29) is 0 Å². The summed E-state index contributed by atoms with van der Waals surface area (Å²) < 4.78 is 5.68. The predicted octanol–water partition coefficient (Wildman–Crippen LogP) is 5.63. The SMILES string of the molecule is N#CCCCCCCCCCCCOCc1ccccc1. The van der Waals surface area contributed by atoms with Crippen molar-refractivity contribution in [2.75, 3.05) is 6.61 Å². The van der Waals surface area contributed by atoms with Crippen molar-refractivity contribution in [1.82, 2.24) is 0 Å². The quantitative estimate of drug-likeness (QED) is 0.441. The number of hydrogen-bond donors (Lipinski definition) is 0. The van der Waals surface area contributed by atoms with E-state index in [0.29, 0.717) is 0 Å². The molecule has 2 nitrogen and oxygen atoms in total. The van der Waals surface area contributed by atoms with Crippen molar-refractivity contribution in [3.63, 3.8) is 0 Å². The second-order valence-electron chi connectivity index (χ2n) is 5.63. The van der Waals surface area contributed by atoms with Gasteiger partial charge in [0.2, 0.25) is 0 Å². The van der Waals surface area contributed by atoms with Crippen molar-refractivity contribution in [1.29, 1.82) is 5.26 Å². The Hall–Kier alpha value is -1.33. The van der Waals surface area contributed by atoms with Gasteiger partial charge in [-0.2, -0.15) is 5.26 Å². The molecule has 0 amide bonds. The first kappa shape index (κ1) is 17.7. The van der Waals surface area contributed by atoms with Gasteiger partial charge in [-0.05, 0) is 18.4 Å². The van der Waals surface area contributed by atoms with E-state index in [0.717, 1.165) is 26.1 Å². The van der Waals surface area contributed by atoms with E-state index >= 15 is 0 Å². The highest BCUT2D eigenvalue weighted by Gasteiger charge is 1.94. The lowest BCUT2D eigenvalue weighted by Gasteiger charge is -2.04. The van der Waals surface area contributed by atoms with E-state index in [1.807, 2.05) is 6.07 Å². The fourth-order valence-corrected chi connectivity index (χ4v) is 2.41. The summed E-state index contributed by atoms with van der Waals surface area (Å²) in [5.74, 6) is 0. The topological polar surface area (TPSA) is 33.0 Å². The number of rotatable bonds is 13. The molecular formula is C19H29NO. The lowest BCUT2D eigenvalue weighted by Crippen LogP contribution is -1.95. The molecule has 2 heteroatoms. The monoisotopic (exact) mass is 287 g/mol. The molecule has 0 saturated heterocycles. The number of ether oxygens (including phenoxy) is 1. The first-order chi connectivity index (χ1) is 10.4. The molecule has 0 N–H and O–H groups in total. The van der Waals surface area contributed by atoms with Gasteiger partial charge in [-0.1, -0.05) is 75.3 Å². The zero-order chi connectivity index (χ0) is 15.0. The number of nitrogens with zero attached hydrogens (tertiary/aromatic N) is 1. The summed E-state index contributed by atoms with van der Waals surface area (Å²) >= 11 is 0. The third-order valence-corrected chi connectivity index (χ3v) is 3.69. The fraction of sp³-hybridized carbons (Fsp3) is 0.632.